The van der Waals surface area contributed by atoms with Gasteiger partial charge in [-0.25, -0.2) is 0 Å². The van der Waals surface area contributed by atoms with Crippen molar-refractivity contribution in [2.24, 2.45) is 0 Å². The number of hydrogen-bond donors (Lipinski definition) is 1. The van der Waals surface area contributed by atoms with Crippen LogP contribution >= 0.6 is 24.4 Å². The van der Waals surface area contributed by atoms with Crippen LogP contribution in [0.5, 0.6) is 0 Å². The zero-order valence-electron chi connectivity index (χ0n) is 7.38. The van der Waals surface area contributed by atoms with Crippen LogP contribution in [0.25, 0.3) is 0 Å². The van der Waals surface area contributed by atoms with Crippen LogP contribution in [0.15, 0.2) is 0 Å². The predicted molar refractivity (Wildman–Crippen MR) is 60.5 cm³/mol. The first-order chi connectivity index (χ1) is 5.31. The molecule has 0 aromatic heterocycles. The minimum absolute atomic E-state index is 0.207. The van der Waals surface area contributed by atoms with E-state index in [0.29, 0.717) is 4.58 Å². The summed E-state index contributed by atoms with van der Waals surface area (Å²) in [4.78, 5) is 0. The van der Waals surface area contributed by atoms with E-state index < -0.39 is 0 Å². The van der Waals surface area contributed by atoms with Crippen molar-refractivity contribution >= 4 is 34.2 Å². The van der Waals surface area contributed by atoms with Crippen LogP contribution in [-0.2, 0) is 4.43 Å². The molecule has 1 unspecified atom stereocenters. The molecule has 0 aromatic rings. The van der Waals surface area contributed by atoms with E-state index in [-0.39, 0.29) is 9.76 Å². The molecule has 0 saturated heterocycles. The van der Waals surface area contributed by atoms with Crippen molar-refractivity contribution < 1.29 is 4.43 Å². The van der Waals surface area contributed by atoms with Gasteiger partial charge in [0.15, 0.2) is 9.76 Å². The highest BCUT2D eigenvalue weighted by atomic mass is 32.2. The molecule has 0 rings (SSSR count). The molecule has 0 saturated carbocycles. The summed E-state index contributed by atoms with van der Waals surface area (Å²) < 4.78 is 5.63. The van der Waals surface area contributed by atoms with Gasteiger partial charge in [0, 0.05) is 11.7 Å². The maximum Gasteiger partial charge on any atom is 0.161 e. The first-order valence-corrected chi connectivity index (χ1v) is 7.24. The number of hydrogen-bond acceptors (Lipinski definition) is 3. The molecule has 0 bridgehead atoms. The summed E-state index contributed by atoms with van der Waals surface area (Å²) in [7, 11) is 1.60. The van der Waals surface area contributed by atoms with Crippen molar-refractivity contribution in [3.8, 4) is 0 Å². The van der Waals surface area contributed by atoms with Crippen molar-refractivity contribution in [1.29, 1.82) is 0 Å². The minimum atomic E-state index is -0.207. The van der Waals surface area contributed by atoms with E-state index in [4.69, 9.17) is 4.43 Å². The Morgan fingerprint density at radius 1 is 1.64 bits per heavy atom. The Labute approximate surface area is 82.0 Å². The zero-order valence-corrected chi connectivity index (χ0v) is 10.5. The summed E-state index contributed by atoms with van der Waals surface area (Å²) >= 11 is 6.42. The molecule has 11 heavy (non-hydrogen) atoms. The normalized spacial score (nSPS) is 14.5. The van der Waals surface area contributed by atoms with Gasteiger partial charge in [0.05, 0.1) is 0 Å². The van der Waals surface area contributed by atoms with E-state index in [9.17, 15) is 0 Å². The van der Waals surface area contributed by atoms with Gasteiger partial charge in [0.1, 0.15) is 0 Å². The van der Waals surface area contributed by atoms with Crippen LogP contribution in [0.1, 0.15) is 19.8 Å². The highest BCUT2D eigenvalue weighted by Crippen LogP contribution is 2.20. The van der Waals surface area contributed by atoms with E-state index in [1.165, 1.54) is 24.6 Å². The van der Waals surface area contributed by atoms with E-state index in [1.807, 2.05) is 11.8 Å². The smallest absolute Gasteiger partial charge is 0.161 e. The lowest BCUT2D eigenvalue weighted by molar-refractivity contribution is 0.440. The third-order valence-corrected chi connectivity index (χ3v) is 4.39. The zero-order chi connectivity index (χ0) is 8.53. The van der Waals surface area contributed by atoms with Crippen molar-refractivity contribution in [2.75, 3.05) is 12.9 Å². The fourth-order valence-corrected chi connectivity index (χ4v) is 3.58. The van der Waals surface area contributed by atoms with E-state index in [2.05, 4.69) is 19.6 Å². The summed E-state index contributed by atoms with van der Waals surface area (Å²) in [5.74, 6) is 1.24. The van der Waals surface area contributed by atoms with Gasteiger partial charge < -0.3 is 4.43 Å². The topological polar surface area (TPSA) is 9.23 Å². The summed E-state index contributed by atoms with van der Waals surface area (Å²) in [6.07, 6.45) is 2.47. The predicted octanol–water partition coefficient (Wildman–Crippen LogP) is 1.92. The maximum atomic E-state index is 5.09. The second-order valence-corrected chi connectivity index (χ2v) is 6.44. The van der Waals surface area contributed by atoms with Gasteiger partial charge in [-0.1, -0.05) is 6.92 Å². The Bertz CT molecular complexity index is 82.8. The average molecular weight is 210 g/mol. The highest BCUT2D eigenvalue weighted by Gasteiger charge is 2.01. The van der Waals surface area contributed by atoms with Gasteiger partial charge in [-0.3, -0.25) is 0 Å². The molecule has 1 nitrogen and oxygen atoms in total. The van der Waals surface area contributed by atoms with E-state index >= 15 is 0 Å². The fraction of sp³-hybridized carbons (Fsp3) is 1.00. The van der Waals surface area contributed by atoms with Crippen LogP contribution in [0.2, 0.25) is 6.04 Å². The van der Waals surface area contributed by atoms with Crippen LogP contribution in [0, 0.1) is 0 Å². The number of rotatable bonds is 7. The molecule has 0 spiro atoms. The Balaban J connectivity index is 3.02. The molecule has 4 heteroatoms. The van der Waals surface area contributed by atoms with E-state index in [1.54, 1.807) is 7.11 Å². The average Bonchev–Trinajstić information content (AvgIpc) is 2.01. The Morgan fingerprint density at radius 2 is 2.36 bits per heavy atom. The third kappa shape index (κ3) is 8.79. The van der Waals surface area contributed by atoms with Crippen molar-refractivity contribution in [1.82, 2.24) is 0 Å². The summed E-state index contributed by atoms with van der Waals surface area (Å²) in [6, 6.07) is 1.27. The first-order valence-electron chi connectivity index (χ1n) is 4.09. The first kappa shape index (κ1) is 11.9. The SMILES string of the molecule is CCCSC(S)CC[SiH2]OC. The second-order valence-electron chi connectivity index (χ2n) is 2.46. The lowest BCUT2D eigenvalue weighted by Crippen LogP contribution is -1.99. The lowest BCUT2D eigenvalue weighted by atomic mass is 10.6. The van der Waals surface area contributed by atoms with Crippen molar-refractivity contribution in [2.45, 2.75) is 30.4 Å². The molecular formula is C7H18OS2Si. The molecule has 0 aromatic carbocycles. The highest BCUT2D eigenvalue weighted by molar-refractivity contribution is 8.10. The standard InChI is InChI=1S/C7H18OS2Si/c1-3-5-10-7(9)4-6-11-8-2/h7,9H,3-6,11H2,1-2H3. The Morgan fingerprint density at radius 3 is 2.91 bits per heavy atom. The largest absolute Gasteiger partial charge is 0.427 e. The van der Waals surface area contributed by atoms with E-state index in [0.717, 1.165) is 0 Å². The second kappa shape index (κ2) is 8.97. The third-order valence-electron chi connectivity index (χ3n) is 1.31. The van der Waals surface area contributed by atoms with Crippen LogP contribution in [-0.4, -0.2) is 27.2 Å². The number of thiol groups is 1. The van der Waals surface area contributed by atoms with Gasteiger partial charge in [-0.05, 0) is 24.6 Å². The number of thioether (sulfide) groups is 1. The molecule has 0 aliphatic rings. The molecular weight excluding hydrogens is 192 g/mol. The summed E-state index contributed by atoms with van der Waals surface area (Å²) in [6.45, 7) is 2.21. The molecule has 0 fully saturated rings. The van der Waals surface area contributed by atoms with Gasteiger partial charge in [0.25, 0.3) is 0 Å². The quantitative estimate of drug-likeness (QED) is 0.298. The van der Waals surface area contributed by atoms with Gasteiger partial charge in [-0.15, -0.1) is 11.8 Å². The lowest BCUT2D eigenvalue weighted by Gasteiger charge is -2.07. The molecule has 0 N–H and O–H groups in total. The maximum absolute atomic E-state index is 5.09. The molecule has 68 valence electrons. The minimum Gasteiger partial charge on any atom is -0.427 e. The molecule has 0 aliphatic heterocycles. The fourth-order valence-electron chi connectivity index (χ4n) is 0.740. The van der Waals surface area contributed by atoms with Crippen LogP contribution in [0.4, 0.5) is 0 Å². The molecule has 0 amide bonds. The van der Waals surface area contributed by atoms with Crippen LogP contribution in [0.3, 0.4) is 0 Å². The van der Waals surface area contributed by atoms with Crippen molar-refractivity contribution in [3.63, 3.8) is 0 Å². The summed E-state index contributed by atoms with van der Waals surface area (Å²) in [5, 5.41) is 0. The van der Waals surface area contributed by atoms with Gasteiger partial charge in [-0.2, -0.15) is 12.6 Å². The van der Waals surface area contributed by atoms with Crippen molar-refractivity contribution in [3.05, 3.63) is 0 Å². The van der Waals surface area contributed by atoms with Gasteiger partial charge in [0.2, 0.25) is 0 Å². The molecule has 0 radical (unpaired) electrons. The Kier molecular flexibility index (Phi) is 9.68. The molecule has 0 aliphatic carbocycles. The molecule has 0 heterocycles. The Hall–Kier alpha value is 0.877. The van der Waals surface area contributed by atoms with Gasteiger partial charge >= 0.3 is 0 Å². The monoisotopic (exact) mass is 210 g/mol. The van der Waals surface area contributed by atoms with Crippen LogP contribution < -0.4 is 0 Å². The molecule has 1 atom stereocenters. The summed E-state index contributed by atoms with van der Waals surface area (Å²) in [5.41, 5.74) is 0.